The Hall–Kier alpha value is -2.57. The summed E-state index contributed by atoms with van der Waals surface area (Å²) in [7, 11) is 3.06. The van der Waals surface area contributed by atoms with Crippen LogP contribution in [-0.4, -0.2) is 30.3 Å². The number of aromatic nitrogens is 1. The van der Waals surface area contributed by atoms with Gasteiger partial charge in [0, 0.05) is 22.7 Å². The molecule has 0 atom stereocenters. The fourth-order valence-electron chi connectivity index (χ4n) is 1.95. The Balaban J connectivity index is 2.37. The van der Waals surface area contributed by atoms with E-state index in [2.05, 4.69) is 4.98 Å². The Labute approximate surface area is 138 Å². The van der Waals surface area contributed by atoms with Gasteiger partial charge in [0.05, 0.1) is 14.2 Å². The van der Waals surface area contributed by atoms with Crippen LogP contribution in [0, 0.1) is 0 Å². The number of carbonyl (C=O) groups excluding carboxylic acids is 1. The SMILES string of the molecule is COc1ccc(-c2ccc(/C=C/C(=O)NO)c(Cl)c2)c(OC)n1. The molecule has 0 unspecified atom stereocenters. The molecule has 0 saturated carbocycles. The van der Waals surface area contributed by atoms with Gasteiger partial charge in [-0.1, -0.05) is 23.7 Å². The number of carbonyl (C=O) groups is 1. The van der Waals surface area contributed by atoms with Gasteiger partial charge < -0.3 is 9.47 Å². The molecule has 2 aromatic rings. The first-order valence-corrected chi connectivity index (χ1v) is 6.98. The summed E-state index contributed by atoms with van der Waals surface area (Å²) in [6, 6.07) is 8.87. The summed E-state index contributed by atoms with van der Waals surface area (Å²) >= 11 is 6.23. The van der Waals surface area contributed by atoms with Gasteiger partial charge in [-0.2, -0.15) is 4.98 Å². The quantitative estimate of drug-likeness (QED) is 0.499. The van der Waals surface area contributed by atoms with E-state index in [4.69, 9.17) is 26.3 Å². The molecule has 2 rings (SSSR count). The van der Waals surface area contributed by atoms with Crippen molar-refractivity contribution in [2.75, 3.05) is 14.2 Å². The van der Waals surface area contributed by atoms with Gasteiger partial charge in [0.1, 0.15) is 0 Å². The number of hydrogen-bond donors (Lipinski definition) is 2. The number of hydrogen-bond acceptors (Lipinski definition) is 5. The van der Waals surface area contributed by atoms with Gasteiger partial charge in [-0.3, -0.25) is 10.0 Å². The first-order valence-electron chi connectivity index (χ1n) is 6.60. The molecule has 0 aliphatic rings. The summed E-state index contributed by atoms with van der Waals surface area (Å²) < 4.78 is 10.3. The van der Waals surface area contributed by atoms with Crippen LogP contribution in [0.25, 0.3) is 17.2 Å². The van der Waals surface area contributed by atoms with Gasteiger partial charge >= 0.3 is 0 Å². The molecule has 0 spiro atoms. The van der Waals surface area contributed by atoms with E-state index in [0.29, 0.717) is 22.3 Å². The van der Waals surface area contributed by atoms with Crippen molar-refractivity contribution in [3.05, 3.63) is 47.0 Å². The predicted molar refractivity (Wildman–Crippen MR) is 86.8 cm³/mol. The van der Waals surface area contributed by atoms with E-state index in [9.17, 15) is 4.79 Å². The fourth-order valence-corrected chi connectivity index (χ4v) is 2.19. The van der Waals surface area contributed by atoms with Crippen LogP contribution in [-0.2, 0) is 4.79 Å². The maximum Gasteiger partial charge on any atom is 0.267 e. The van der Waals surface area contributed by atoms with Gasteiger partial charge in [0.15, 0.2) is 0 Å². The minimum atomic E-state index is -0.633. The molecule has 7 heteroatoms. The average Bonchev–Trinajstić information content (AvgIpc) is 2.59. The van der Waals surface area contributed by atoms with Crippen LogP contribution in [0.1, 0.15) is 5.56 Å². The summed E-state index contributed by atoms with van der Waals surface area (Å²) in [5.41, 5.74) is 3.72. The zero-order valence-electron chi connectivity index (χ0n) is 12.5. The third-order valence-corrected chi connectivity index (χ3v) is 3.40. The van der Waals surface area contributed by atoms with E-state index in [1.807, 2.05) is 12.1 Å². The topological polar surface area (TPSA) is 80.7 Å². The smallest absolute Gasteiger partial charge is 0.267 e. The number of methoxy groups -OCH3 is 2. The standard InChI is InChI=1S/C16H15ClN2O4/c1-22-15-8-6-12(16(18-15)23-2)11-4-3-10(13(17)9-11)5-7-14(20)19-21/h3-9,21H,1-2H3,(H,19,20)/b7-5+. The van der Waals surface area contributed by atoms with Crippen molar-refractivity contribution in [2.45, 2.75) is 0 Å². The Kier molecular flexibility index (Phi) is 5.56. The summed E-state index contributed by atoms with van der Waals surface area (Å²) in [5.74, 6) is 0.237. The summed E-state index contributed by atoms with van der Waals surface area (Å²) in [4.78, 5) is 15.2. The number of amides is 1. The van der Waals surface area contributed by atoms with Crippen LogP contribution in [0.3, 0.4) is 0 Å². The van der Waals surface area contributed by atoms with Crippen molar-refractivity contribution < 1.29 is 19.5 Å². The number of nitrogens with one attached hydrogen (secondary N) is 1. The molecule has 1 aromatic carbocycles. The van der Waals surface area contributed by atoms with E-state index in [1.165, 1.54) is 31.9 Å². The molecule has 6 nitrogen and oxygen atoms in total. The molecule has 0 radical (unpaired) electrons. The molecular formula is C16H15ClN2O4. The van der Waals surface area contributed by atoms with E-state index < -0.39 is 5.91 Å². The average molecular weight is 335 g/mol. The van der Waals surface area contributed by atoms with Crippen LogP contribution in [0.5, 0.6) is 11.8 Å². The van der Waals surface area contributed by atoms with Gasteiger partial charge in [-0.15, -0.1) is 0 Å². The summed E-state index contributed by atoms with van der Waals surface area (Å²) in [6.07, 6.45) is 2.68. The molecular weight excluding hydrogens is 320 g/mol. The molecule has 0 aliphatic carbocycles. The number of nitrogens with zero attached hydrogens (tertiary/aromatic N) is 1. The highest BCUT2D eigenvalue weighted by Crippen LogP contribution is 2.33. The minimum Gasteiger partial charge on any atom is -0.481 e. The predicted octanol–water partition coefficient (Wildman–Crippen LogP) is 2.94. The molecule has 0 saturated heterocycles. The minimum absolute atomic E-state index is 0.420. The molecule has 2 N–H and O–H groups in total. The Morgan fingerprint density at radius 3 is 2.65 bits per heavy atom. The van der Waals surface area contributed by atoms with Crippen LogP contribution >= 0.6 is 11.6 Å². The number of pyridine rings is 1. The van der Waals surface area contributed by atoms with Crippen LogP contribution < -0.4 is 15.0 Å². The van der Waals surface area contributed by atoms with Gasteiger partial charge in [-0.05, 0) is 29.3 Å². The van der Waals surface area contributed by atoms with Crippen molar-refractivity contribution in [3.8, 4) is 22.9 Å². The Morgan fingerprint density at radius 1 is 1.26 bits per heavy atom. The van der Waals surface area contributed by atoms with Crippen molar-refractivity contribution in [1.82, 2.24) is 10.5 Å². The van der Waals surface area contributed by atoms with Crippen LogP contribution in [0.2, 0.25) is 5.02 Å². The van der Waals surface area contributed by atoms with Gasteiger partial charge in [-0.25, -0.2) is 5.48 Å². The van der Waals surface area contributed by atoms with E-state index in [0.717, 1.165) is 11.1 Å². The number of rotatable bonds is 5. The molecule has 1 aromatic heterocycles. The lowest BCUT2D eigenvalue weighted by molar-refractivity contribution is -0.124. The lowest BCUT2D eigenvalue weighted by Crippen LogP contribution is -2.14. The Bertz CT molecular complexity index is 747. The normalized spacial score (nSPS) is 10.6. The maximum absolute atomic E-state index is 11.0. The molecule has 23 heavy (non-hydrogen) atoms. The molecule has 1 amide bonds. The first-order chi connectivity index (χ1) is 11.1. The van der Waals surface area contributed by atoms with E-state index >= 15 is 0 Å². The highest BCUT2D eigenvalue weighted by Gasteiger charge is 2.10. The van der Waals surface area contributed by atoms with Crippen LogP contribution in [0.15, 0.2) is 36.4 Å². The molecule has 1 heterocycles. The number of ether oxygens (including phenoxy) is 2. The zero-order chi connectivity index (χ0) is 16.8. The first kappa shape index (κ1) is 16.8. The van der Waals surface area contributed by atoms with Crippen molar-refractivity contribution >= 4 is 23.6 Å². The molecule has 0 aliphatic heterocycles. The van der Waals surface area contributed by atoms with Crippen LogP contribution in [0.4, 0.5) is 0 Å². The lowest BCUT2D eigenvalue weighted by Gasteiger charge is -2.10. The fraction of sp³-hybridized carbons (Fsp3) is 0.125. The van der Waals surface area contributed by atoms with E-state index in [-0.39, 0.29) is 0 Å². The van der Waals surface area contributed by atoms with Gasteiger partial charge in [0.2, 0.25) is 11.8 Å². The molecule has 120 valence electrons. The van der Waals surface area contributed by atoms with Crippen molar-refractivity contribution in [2.24, 2.45) is 0 Å². The largest absolute Gasteiger partial charge is 0.481 e. The number of benzene rings is 1. The zero-order valence-corrected chi connectivity index (χ0v) is 13.3. The molecule has 0 bridgehead atoms. The lowest BCUT2D eigenvalue weighted by atomic mass is 10.0. The van der Waals surface area contributed by atoms with Crippen molar-refractivity contribution in [3.63, 3.8) is 0 Å². The monoisotopic (exact) mass is 334 g/mol. The third kappa shape index (κ3) is 4.00. The number of halogens is 1. The Morgan fingerprint density at radius 2 is 2.04 bits per heavy atom. The highest BCUT2D eigenvalue weighted by molar-refractivity contribution is 6.32. The second kappa shape index (κ2) is 7.62. The maximum atomic E-state index is 11.0. The summed E-state index contributed by atoms with van der Waals surface area (Å²) in [6.45, 7) is 0. The second-order valence-electron chi connectivity index (χ2n) is 4.46. The van der Waals surface area contributed by atoms with Crippen molar-refractivity contribution in [1.29, 1.82) is 0 Å². The molecule has 0 fully saturated rings. The highest BCUT2D eigenvalue weighted by atomic mass is 35.5. The summed E-state index contributed by atoms with van der Waals surface area (Å²) in [5, 5.41) is 8.91. The third-order valence-electron chi connectivity index (χ3n) is 3.07. The number of hydroxylamine groups is 1. The second-order valence-corrected chi connectivity index (χ2v) is 4.86. The van der Waals surface area contributed by atoms with Gasteiger partial charge in [0.25, 0.3) is 5.91 Å². The van der Waals surface area contributed by atoms with E-state index in [1.54, 1.807) is 18.2 Å².